The van der Waals surface area contributed by atoms with E-state index in [1.165, 1.54) is 0 Å². The summed E-state index contributed by atoms with van der Waals surface area (Å²) in [5, 5.41) is 8.39. The van der Waals surface area contributed by atoms with E-state index < -0.39 is 11.5 Å². The van der Waals surface area contributed by atoms with E-state index in [1.807, 2.05) is 0 Å². The second-order valence-corrected chi connectivity index (χ2v) is 2.27. The first-order chi connectivity index (χ1) is 4.11. The molecule has 3 nitrogen and oxygen atoms in total. The zero-order valence-electron chi connectivity index (χ0n) is 4.79. The third-order valence-corrected chi connectivity index (χ3v) is 1.60. The quantitative estimate of drug-likeness (QED) is 0.461. The van der Waals surface area contributed by atoms with Gasteiger partial charge < -0.3 is 10.8 Å². The van der Waals surface area contributed by atoms with Gasteiger partial charge in [-0.3, -0.25) is 4.79 Å². The largest absolute Gasteiger partial charge is 0.480 e. The standard InChI is InChI=1S/C6H7NO2/c1-2-4-3-6(4,7)5(8)9/h1,4H,3,7H2,(H,8,9)/t4-,6-/m1/s1. The number of nitrogens with two attached hydrogens (primary N) is 1. The number of hydrogen-bond donors (Lipinski definition) is 2. The first kappa shape index (κ1) is 6.12. The Labute approximate surface area is 52.9 Å². The molecule has 9 heavy (non-hydrogen) atoms. The summed E-state index contributed by atoms with van der Waals surface area (Å²) >= 11 is 0. The summed E-state index contributed by atoms with van der Waals surface area (Å²) < 4.78 is 0. The Hall–Kier alpha value is -1.01. The van der Waals surface area contributed by atoms with Crippen molar-refractivity contribution < 1.29 is 9.90 Å². The Morgan fingerprint density at radius 2 is 2.56 bits per heavy atom. The van der Waals surface area contributed by atoms with Crippen LogP contribution in [-0.2, 0) is 4.79 Å². The molecule has 1 fully saturated rings. The van der Waals surface area contributed by atoms with Crippen LogP contribution in [0.2, 0.25) is 0 Å². The smallest absolute Gasteiger partial charge is 0.325 e. The first-order valence-electron chi connectivity index (χ1n) is 2.59. The Morgan fingerprint density at radius 3 is 2.67 bits per heavy atom. The van der Waals surface area contributed by atoms with Gasteiger partial charge in [-0.1, -0.05) is 0 Å². The van der Waals surface area contributed by atoms with E-state index in [0.29, 0.717) is 6.42 Å². The van der Waals surface area contributed by atoms with Gasteiger partial charge in [0.2, 0.25) is 0 Å². The minimum atomic E-state index is -1.10. The van der Waals surface area contributed by atoms with Crippen LogP contribution in [0.4, 0.5) is 0 Å². The SMILES string of the molecule is C#C[C@@H]1C[C@]1(N)C(=O)O. The highest BCUT2D eigenvalue weighted by Crippen LogP contribution is 2.40. The topological polar surface area (TPSA) is 63.3 Å². The second kappa shape index (κ2) is 1.49. The van der Waals surface area contributed by atoms with E-state index >= 15 is 0 Å². The average molecular weight is 125 g/mol. The molecule has 0 bridgehead atoms. The Bertz CT molecular complexity index is 194. The number of rotatable bonds is 1. The van der Waals surface area contributed by atoms with Gasteiger partial charge in [-0.2, -0.15) is 0 Å². The fourth-order valence-electron chi connectivity index (χ4n) is 0.723. The predicted octanol–water partition coefficient (Wildman–Crippen LogP) is -0.578. The molecule has 2 atom stereocenters. The monoisotopic (exact) mass is 125 g/mol. The van der Waals surface area contributed by atoms with E-state index in [9.17, 15) is 4.79 Å². The molecule has 48 valence electrons. The molecule has 0 unspecified atom stereocenters. The van der Waals surface area contributed by atoms with E-state index in [1.54, 1.807) is 0 Å². The molecule has 3 heteroatoms. The van der Waals surface area contributed by atoms with Crippen molar-refractivity contribution in [3.63, 3.8) is 0 Å². The van der Waals surface area contributed by atoms with Crippen molar-refractivity contribution >= 4 is 5.97 Å². The molecule has 0 aromatic carbocycles. The molecule has 1 rings (SSSR count). The van der Waals surface area contributed by atoms with E-state index in [2.05, 4.69) is 5.92 Å². The Kier molecular flexibility index (Phi) is 1.01. The summed E-state index contributed by atoms with van der Waals surface area (Å²) in [5.74, 6) is 1.06. The van der Waals surface area contributed by atoms with Crippen molar-refractivity contribution in [2.75, 3.05) is 0 Å². The van der Waals surface area contributed by atoms with Crippen molar-refractivity contribution in [3.8, 4) is 12.3 Å². The Balaban J connectivity index is 2.65. The number of aliphatic carboxylic acids is 1. The van der Waals surface area contributed by atoms with E-state index in [-0.39, 0.29) is 5.92 Å². The first-order valence-corrected chi connectivity index (χ1v) is 2.59. The lowest BCUT2D eigenvalue weighted by Gasteiger charge is -1.98. The number of carbonyl (C=O) groups is 1. The number of terminal acetylenes is 1. The van der Waals surface area contributed by atoms with Crippen LogP contribution in [0.5, 0.6) is 0 Å². The van der Waals surface area contributed by atoms with Crippen molar-refractivity contribution in [1.82, 2.24) is 0 Å². The minimum Gasteiger partial charge on any atom is -0.480 e. The van der Waals surface area contributed by atoms with Gasteiger partial charge in [0.15, 0.2) is 0 Å². The fourth-order valence-corrected chi connectivity index (χ4v) is 0.723. The zero-order valence-corrected chi connectivity index (χ0v) is 4.79. The summed E-state index contributed by atoms with van der Waals surface area (Å²) in [6.45, 7) is 0. The predicted molar refractivity (Wildman–Crippen MR) is 31.5 cm³/mol. The number of hydrogen-bond acceptors (Lipinski definition) is 2. The minimum absolute atomic E-state index is 0.255. The average Bonchev–Trinajstić information content (AvgIpc) is 2.44. The van der Waals surface area contributed by atoms with Crippen LogP contribution in [0.3, 0.4) is 0 Å². The van der Waals surface area contributed by atoms with Crippen molar-refractivity contribution in [1.29, 1.82) is 0 Å². The molecule has 0 spiro atoms. The van der Waals surface area contributed by atoms with Gasteiger partial charge in [-0.15, -0.1) is 12.3 Å². The summed E-state index contributed by atoms with van der Waals surface area (Å²) in [6, 6.07) is 0. The molecule has 0 aromatic heterocycles. The molecule has 1 aliphatic rings. The zero-order chi connectivity index (χ0) is 7.07. The molecule has 0 radical (unpaired) electrons. The maximum Gasteiger partial charge on any atom is 0.325 e. The molecule has 3 N–H and O–H groups in total. The van der Waals surface area contributed by atoms with Crippen molar-refractivity contribution in [2.24, 2.45) is 11.7 Å². The van der Waals surface area contributed by atoms with Crippen LogP contribution < -0.4 is 5.73 Å². The molecule has 0 aliphatic heterocycles. The highest BCUT2D eigenvalue weighted by molar-refractivity contribution is 5.83. The van der Waals surface area contributed by atoms with Crippen LogP contribution in [0.1, 0.15) is 6.42 Å². The van der Waals surface area contributed by atoms with Gasteiger partial charge in [0.25, 0.3) is 0 Å². The molecular formula is C6H7NO2. The molecule has 0 aromatic rings. The van der Waals surface area contributed by atoms with E-state index in [4.69, 9.17) is 17.3 Å². The molecule has 0 saturated heterocycles. The van der Waals surface area contributed by atoms with Crippen LogP contribution in [0.15, 0.2) is 0 Å². The van der Waals surface area contributed by atoms with E-state index in [0.717, 1.165) is 0 Å². The van der Waals surface area contributed by atoms with Crippen LogP contribution >= 0.6 is 0 Å². The van der Waals surface area contributed by atoms with Crippen LogP contribution in [0.25, 0.3) is 0 Å². The second-order valence-electron chi connectivity index (χ2n) is 2.27. The normalized spacial score (nSPS) is 39.3. The Morgan fingerprint density at radius 1 is 2.00 bits per heavy atom. The van der Waals surface area contributed by atoms with Crippen molar-refractivity contribution in [3.05, 3.63) is 0 Å². The molecule has 1 saturated carbocycles. The molecule has 0 amide bonds. The van der Waals surface area contributed by atoms with Gasteiger partial charge in [-0.25, -0.2) is 0 Å². The van der Waals surface area contributed by atoms with Gasteiger partial charge in [0.05, 0.1) is 5.92 Å². The maximum atomic E-state index is 10.2. The third-order valence-electron chi connectivity index (χ3n) is 1.60. The van der Waals surface area contributed by atoms with Gasteiger partial charge in [0.1, 0.15) is 5.54 Å². The molecule has 1 aliphatic carbocycles. The maximum absolute atomic E-state index is 10.2. The number of carboxylic acids is 1. The highest BCUT2D eigenvalue weighted by Gasteiger charge is 2.56. The fraction of sp³-hybridized carbons (Fsp3) is 0.500. The van der Waals surface area contributed by atoms with Gasteiger partial charge >= 0.3 is 5.97 Å². The van der Waals surface area contributed by atoms with Crippen molar-refractivity contribution in [2.45, 2.75) is 12.0 Å². The lowest BCUT2D eigenvalue weighted by atomic mass is 10.2. The molecule has 0 heterocycles. The van der Waals surface area contributed by atoms with Gasteiger partial charge in [0, 0.05) is 0 Å². The van der Waals surface area contributed by atoms with Gasteiger partial charge in [-0.05, 0) is 6.42 Å². The third kappa shape index (κ3) is 0.681. The van der Waals surface area contributed by atoms with Crippen LogP contribution in [-0.4, -0.2) is 16.6 Å². The highest BCUT2D eigenvalue weighted by atomic mass is 16.4. The summed E-state index contributed by atoms with van der Waals surface area (Å²) in [4.78, 5) is 10.2. The summed E-state index contributed by atoms with van der Waals surface area (Å²) in [7, 11) is 0. The lowest BCUT2D eigenvalue weighted by Crippen LogP contribution is -2.34. The lowest BCUT2D eigenvalue weighted by molar-refractivity contribution is -0.139. The number of carboxylic acid groups (broad SMARTS) is 1. The summed E-state index contributed by atoms with van der Waals surface area (Å²) in [5.41, 5.74) is 4.20. The van der Waals surface area contributed by atoms with Crippen LogP contribution in [0, 0.1) is 18.3 Å². The molecular weight excluding hydrogens is 118 g/mol. The summed E-state index contributed by atoms with van der Waals surface area (Å²) in [6.07, 6.45) is 5.37.